The number of urea groups is 1. The van der Waals surface area contributed by atoms with Crippen molar-refractivity contribution in [1.82, 2.24) is 9.88 Å². The normalized spacial score (nSPS) is 10.2. The van der Waals surface area contributed by atoms with Crippen molar-refractivity contribution in [2.75, 3.05) is 18.4 Å². The molecule has 0 radical (unpaired) electrons. The van der Waals surface area contributed by atoms with Crippen LogP contribution in [0.25, 0.3) is 0 Å². The van der Waals surface area contributed by atoms with E-state index in [1.165, 1.54) is 23.2 Å². The summed E-state index contributed by atoms with van der Waals surface area (Å²) in [6.45, 7) is 3.84. The van der Waals surface area contributed by atoms with E-state index in [-0.39, 0.29) is 23.8 Å². The number of carbonyl (C=O) groups is 3. The van der Waals surface area contributed by atoms with Gasteiger partial charge in [-0.3, -0.25) is 4.79 Å². The molecular weight excluding hydrogens is 276 g/mol. The summed E-state index contributed by atoms with van der Waals surface area (Å²) in [6.07, 6.45) is 1.31. The molecule has 0 bridgehead atoms. The number of nitrogens with zero attached hydrogens (tertiary/aromatic N) is 2. The number of hydrogen-bond donors (Lipinski definition) is 3. The van der Waals surface area contributed by atoms with E-state index in [4.69, 9.17) is 10.8 Å². The van der Waals surface area contributed by atoms with Gasteiger partial charge in [0.1, 0.15) is 6.54 Å². The Bertz CT molecular complexity index is 545. The van der Waals surface area contributed by atoms with Gasteiger partial charge in [0.25, 0.3) is 0 Å². The van der Waals surface area contributed by atoms with Crippen LogP contribution in [0.4, 0.5) is 10.5 Å². The van der Waals surface area contributed by atoms with Crippen LogP contribution < -0.4 is 11.1 Å². The summed E-state index contributed by atoms with van der Waals surface area (Å²) in [5.41, 5.74) is 4.91. The van der Waals surface area contributed by atoms with Crippen LogP contribution in [0, 0.1) is 5.92 Å². The number of carbonyl (C=O) groups excluding carboxylic acids is 2. The number of primary amides is 1. The van der Waals surface area contributed by atoms with Crippen LogP contribution in [0.1, 0.15) is 24.3 Å². The van der Waals surface area contributed by atoms with Gasteiger partial charge in [0, 0.05) is 12.7 Å². The molecule has 21 heavy (non-hydrogen) atoms. The third-order valence-corrected chi connectivity index (χ3v) is 2.47. The van der Waals surface area contributed by atoms with Gasteiger partial charge < -0.3 is 21.1 Å². The van der Waals surface area contributed by atoms with E-state index in [1.54, 1.807) is 0 Å². The summed E-state index contributed by atoms with van der Waals surface area (Å²) in [4.78, 5) is 39.1. The maximum atomic E-state index is 12.1. The number of carboxylic acid groups (broad SMARTS) is 1. The average Bonchev–Trinajstić information content (AvgIpc) is 2.37. The summed E-state index contributed by atoms with van der Waals surface area (Å²) < 4.78 is 0. The van der Waals surface area contributed by atoms with Crippen molar-refractivity contribution < 1.29 is 19.5 Å². The van der Waals surface area contributed by atoms with Crippen molar-refractivity contribution >= 4 is 23.6 Å². The molecule has 0 unspecified atom stereocenters. The summed E-state index contributed by atoms with van der Waals surface area (Å²) in [7, 11) is 0. The second-order valence-corrected chi connectivity index (χ2v) is 4.88. The Hall–Kier alpha value is -2.64. The zero-order chi connectivity index (χ0) is 16.0. The van der Waals surface area contributed by atoms with Crippen molar-refractivity contribution in [3.63, 3.8) is 0 Å². The topological polar surface area (TPSA) is 126 Å². The number of pyridine rings is 1. The Morgan fingerprint density at radius 1 is 1.43 bits per heavy atom. The van der Waals surface area contributed by atoms with Gasteiger partial charge in [-0.05, 0) is 18.1 Å². The molecule has 3 amide bonds. The first kappa shape index (κ1) is 16.4. The van der Waals surface area contributed by atoms with E-state index in [1.807, 2.05) is 13.8 Å². The number of rotatable bonds is 6. The van der Waals surface area contributed by atoms with E-state index in [9.17, 15) is 14.4 Å². The molecule has 1 aromatic rings. The maximum Gasteiger partial charge on any atom is 0.356 e. The second kappa shape index (κ2) is 7.22. The lowest BCUT2D eigenvalue weighted by molar-refractivity contribution is -0.118. The highest BCUT2D eigenvalue weighted by Gasteiger charge is 2.20. The largest absolute Gasteiger partial charge is 0.476 e. The highest BCUT2D eigenvalue weighted by Crippen LogP contribution is 2.13. The molecule has 0 aliphatic rings. The van der Waals surface area contributed by atoms with Gasteiger partial charge in [0.05, 0.1) is 5.69 Å². The van der Waals surface area contributed by atoms with Crippen LogP contribution in [0.5, 0.6) is 0 Å². The zero-order valence-corrected chi connectivity index (χ0v) is 11.9. The standard InChI is InChI=1S/C13H18N4O4/c1-8(2)6-17(7-10(14)18)13(21)16-9-4-3-5-15-11(9)12(19)20/h3-5,8H,6-7H2,1-2H3,(H2,14,18)(H,16,21)(H,19,20). The van der Waals surface area contributed by atoms with Gasteiger partial charge in [-0.2, -0.15) is 0 Å². The Morgan fingerprint density at radius 3 is 2.62 bits per heavy atom. The van der Waals surface area contributed by atoms with Gasteiger partial charge >= 0.3 is 12.0 Å². The predicted molar refractivity (Wildman–Crippen MR) is 75.8 cm³/mol. The maximum absolute atomic E-state index is 12.1. The molecule has 0 atom stereocenters. The smallest absolute Gasteiger partial charge is 0.356 e. The van der Waals surface area contributed by atoms with Crippen LogP contribution in [-0.4, -0.2) is 46.0 Å². The van der Waals surface area contributed by atoms with Crippen molar-refractivity contribution in [2.24, 2.45) is 11.7 Å². The molecule has 1 rings (SSSR count). The lowest BCUT2D eigenvalue weighted by Gasteiger charge is -2.23. The fourth-order valence-electron chi connectivity index (χ4n) is 1.72. The van der Waals surface area contributed by atoms with Crippen molar-refractivity contribution in [3.05, 3.63) is 24.0 Å². The number of amides is 3. The Balaban J connectivity index is 2.91. The quantitative estimate of drug-likeness (QED) is 0.714. The summed E-state index contributed by atoms with van der Waals surface area (Å²) in [5.74, 6) is -1.77. The average molecular weight is 294 g/mol. The number of carboxylic acids is 1. The lowest BCUT2D eigenvalue weighted by Crippen LogP contribution is -2.43. The molecule has 0 aromatic carbocycles. The van der Waals surface area contributed by atoms with E-state index < -0.39 is 17.9 Å². The van der Waals surface area contributed by atoms with Crippen LogP contribution in [0.3, 0.4) is 0 Å². The van der Waals surface area contributed by atoms with E-state index in [0.717, 1.165) is 0 Å². The zero-order valence-electron chi connectivity index (χ0n) is 11.9. The second-order valence-electron chi connectivity index (χ2n) is 4.88. The molecule has 4 N–H and O–H groups in total. The summed E-state index contributed by atoms with van der Waals surface area (Å²) >= 11 is 0. The summed E-state index contributed by atoms with van der Waals surface area (Å²) in [6, 6.07) is 2.33. The molecule has 114 valence electrons. The molecule has 8 heteroatoms. The number of nitrogens with one attached hydrogen (secondary N) is 1. The minimum Gasteiger partial charge on any atom is -0.476 e. The number of nitrogens with two attached hydrogens (primary N) is 1. The highest BCUT2D eigenvalue weighted by atomic mass is 16.4. The number of hydrogen-bond acceptors (Lipinski definition) is 4. The summed E-state index contributed by atoms with van der Waals surface area (Å²) in [5, 5.41) is 11.4. The number of anilines is 1. The van der Waals surface area contributed by atoms with Crippen LogP contribution in [0.2, 0.25) is 0 Å². The molecule has 1 heterocycles. The van der Waals surface area contributed by atoms with Gasteiger partial charge in [0.15, 0.2) is 5.69 Å². The first-order chi connectivity index (χ1) is 9.81. The minimum atomic E-state index is -1.25. The molecule has 0 saturated heterocycles. The van der Waals surface area contributed by atoms with E-state index >= 15 is 0 Å². The monoisotopic (exact) mass is 294 g/mol. The van der Waals surface area contributed by atoms with Gasteiger partial charge in [0.2, 0.25) is 5.91 Å². The van der Waals surface area contributed by atoms with Gasteiger partial charge in [-0.1, -0.05) is 13.8 Å². The highest BCUT2D eigenvalue weighted by molar-refractivity contribution is 5.99. The van der Waals surface area contributed by atoms with Gasteiger partial charge in [-0.15, -0.1) is 0 Å². The van der Waals surface area contributed by atoms with Crippen molar-refractivity contribution in [2.45, 2.75) is 13.8 Å². The fraction of sp³-hybridized carbons (Fsp3) is 0.385. The molecule has 0 saturated carbocycles. The van der Waals surface area contributed by atoms with Crippen LogP contribution in [0.15, 0.2) is 18.3 Å². The molecular formula is C13H18N4O4. The predicted octanol–water partition coefficient (Wildman–Crippen LogP) is 0.755. The molecule has 0 aliphatic heterocycles. The molecule has 0 fully saturated rings. The molecule has 0 spiro atoms. The molecule has 0 aliphatic carbocycles. The SMILES string of the molecule is CC(C)CN(CC(N)=O)C(=O)Nc1cccnc1C(=O)O. The third-order valence-electron chi connectivity index (χ3n) is 2.47. The van der Waals surface area contributed by atoms with E-state index in [2.05, 4.69) is 10.3 Å². The first-order valence-electron chi connectivity index (χ1n) is 6.33. The van der Waals surface area contributed by atoms with Crippen LogP contribution >= 0.6 is 0 Å². The molecule has 8 nitrogen and oxygen atoms in total. The van der Waals surface area contributed by atoms with Crippen molar-refractivity contribution in [3.8, 4) is 0 Å². The Kier molecular flexibility index (Phi) is 5.65. The minimum absolute atomic E-state index is 0.0632. The Labute approximate surface area is 121 Å². The fourth-order valence-corrected chi connectivity index (χ4v) is 1.72. The first-order valence-corrected chi connectivity index (χ1v) is 6.33. The van der Waals surface area contributed by atoms with Crippen molar-refractivity contribution in [1.29, 1.82) is 0 Å². The lowest BCUT2D eigenvalue weighted by atomic mass is 10.2. The molecule has 1 aromatic heterocycles. The van der Waals surface area contributed by atoms with Gasteiger partial charge in [-0.25, -0.2) is 14.6 Å². The number of aromatic nitrogens is 1. The van der Waals surface area contributed by atoms with E-state index in [0.29, 0.717) is 6.54 Å². The Morgan fingerprint density at radius 2 is 2.10 bits per heavy atom. The number of aromatic carboxylic acids is 1. The third kappa shape index (κ3) is 5.09. The van der Waals surface area contributed by atoms with Crippen LogP contribution in [-0.2, 0) is 4.79 Å².